The van der Waals surface area contributed by atoms with Crippen LogP contribution in [0.3, 0.4) is 0 Å². The molecule has 0 bridgehead atoms. The zero-order valence-corrected chi connectivity index (χ0v) is 20.2. The maximum Gasteiger partial charge on any atom is 0.264 e. The number of nitrogens with zero attached hydrogens (tertiary/aromatic N) is 1. The summed E-state index contributed by atoms with van der Waals surface area (Å²) in [5.41, 5.74) is 0.601. The maximum atomic E-state index is 13.5. The fraction of sp³-hybridized carbons (Fsp3) is 0.231. The van der Waals surface area contributed by atoms with Crippen molar-refractivity contribution >= 4 is 33.2 Å². The van der Waals surface area contributed by atoms with Crippen LogP contribution in [0.4, 0.5) is 15.8 Å². The van der Waals surface area contributed by atoms with Crippen LogP contribution in [0, 0.1) is 5.82 Å². The molecule has 8 nitrogen and oxygen atoms in total. The summed E-state index contributed by atoms with van der Waals surface area (Å²) in [7, 11) is -4.14. The molecule has 0 radical (unpaired) electrons. The minimum atomic E-state index is -4.14. The Hall–Kier alpha value is -3.76. The van der Waals surface area contributed by atoms with Gasteiger partial charge in [-0.3, -0.25) is 13.9 Å². The van der Waals surface area contributed by atoms with Crippen molar-refractivity contribution in [2.75, 3.05) is 29.3 Å². The Balaban J connectivity index is 1.54. The molecule has 36 heavy (non-hydrogen) atoms. The lowest BCUT2D eigenvalue weighted by Crippen LogP contribution is -2.38. The Morgan fingerprint density at radius 2 is 1.67 bits per heavy atom. The summed E-state index contributed by atoms with van der Waals surface area (Å²) in [4.78, 5) is 25.8. The Morgan fingerprint density at radius 3 is 2.36 bits per heavy atom. The van der Waals surface area contributed by atoms with Crippen LogP contribution in [0.15, 0.2) is 83.8 Å². The average molecular weight is 512 g/mol. The summed E-state index contributed by atoms with van der Waals surface area (Å²) in [5.74, 6) is -1.59. The van der Waals surface area contributed by atoms with Crippen LogP contribution in [0.25, 0.3) is 0 Å². The molecule has 3 aromatic rings. The van der Waals surface area contributed by atoms with Crippen LogP contribution in [-0.2, 0) is 19.6 Å². The van der Waals surface area contributed by atoms with Gasteiger partial charge in [0.05, 0.1) is 27.9 Å². The number of nitrogens with one attached hydrogen (secondary N) is 2. The summed E-state index contributed by atoms with van der Waals surface area (Å²) in [6.45, 7) is 0.438. The quantitative estimate of drug-likeness (QED) is 0.457. The van der Waals surface area contributed by atoms with Gasteiger partial charge in [0.15, 0.2) is 0 Å². The molecule has 2 amide bonds. The average Bonchev–Trinajstić information content (AvgIpc) is 3.41. The number of hydrogen-bond donors (Lipinski definition) is 2. The number of para-hydroxylation sites is 1. The van der Waals surface area contributed by atoms with Crippen molar-refractivity contribution in [2.45, 2.75) is 23.8 Å². The molecule has 1 aliphatic rings. The maximum absolute atomic E-state index is 13.5. The highest BCUT2D eigenvalue weighted by atomic mass is 32.2. The van der Waals surface area contributed by atoms with Gasteiger partial charge in [0.2, 0.25) is 5.91 Å². The molecule has 1 heterocycles. The van der Waals surface area contributed by atoms with Gasteiger partial charge in [0.1, 0.15) is 12.4 Å². The predicted octanol–water partition coefficient (Wildman–Crippen LogP) is 3.57. The first-order valence-electron chi connectivity index (χ1n) is 11.5. The van der Waals surface area contributed by atoms with Crippen molar-refractivity contribution < 1.29 is 27.1 Å². The molecule has 0 unspecified atom stereocenters. The lowest BCUT2D eigenvalue weighted by Gasteiger charge is -2.24. The molecule has 3 aromatic carbocycles. The zero-order chi connectivity index (χ0) is 25.5. The predicted molar refractivity (Wildman–Crippen MR) is 134 cm³/mol. The van der Waals surface area contributed by atoms with E-state index in [9.17, 15) is 22.4 Å². The highest BCUT2D eigenvalue weighted by molar-refractivity contribution is 7.92. The fourth-order valence-corrected chi connectivity index (χ4v) is 5.30. The first kappa shape index (κ1) is 25.3. The van der Waals surface area contributed by atoms with Crippen LogP contribution >= 0.6 is 0 Å². The van der Waals surface area contributed by atoms with E-state index in [4.69, 9.17) is 4.74 Å². The highest BCUT2D eigenvalue weighted by Crippen LogP contribution is 2.24. The van der Waals surface area contributed by atoms with Gasteiger partial charge >= 0.3 is 0 Å². The molecule has 0 saturated carbocycles. The Morgan fingerprint density at radius 1 is 0.972 bits per heavy atom. The standard InChI is InChI=1S/C26H26FN3O5S/c27-19-12-14-20(15-13-19)30(36(33,34)22-8-2-1-3-9-22)18-25(31)29-24-11-5-4-10-23(24)26(32)28-17-21-7-6-16-35-21/h1-5,8-15,21H,6-7,16-18H2,(H,28,32)(H,29,31)/t21-/m1/s1. The van der Waals surface area contributed by atoms with Crippen LogP contribution in [-0.4, -0.2) is 46.0 Å². The molecule has 0 aromatic heterocycles. The molecular weight excluding hydrogens is 485 g/mol. The van der Waals surface area contributed by atoms with Crippen molar-refractivity contribution in [3.05, 3.63) is 90.2 Å². The Labute approximate surface area is 209 Å². The van der Waals surface area contributed by atoms with Gasteiger partial charge in [-0.2, -0.15) is 0 Å². The largest absolute Gasteiger partial charge is 0.376 e. The topological polar surface area (TPSA) is 105 Å². The lowest BCUT2D eigenvalue weighted by atomic mass is 10.1. The molecule has 1 aliphatic heterocycles. The van der Waals surface area contributed by atoms with Gasteiger partial charge in [-0.25, -0.2) is 12.8 Å². The van der Waals surface area contributed by atoms with E-state index in [1.807, 2.05) is 0 Å². The van der Waals surface area contributed by atoms with E-state index in [1.165, 1.54) is 24.3 Å². The first-order chi connectivity index (χ1) is 17.3. The Kier molecular flexibility index (Phi) is 7.97. The number of carbonyl (C=O) groups is 2. The molecule has 1 fully saturated rings. The number of rotatable bonds is 9. The second-order valence-electron chi connectivity index (χ2n) is 8.24. The van der Waals surface area contributed by atoms with Gasteiger partial charge in [-0.15, -0.1) is 0 Å². The van der Waals surface area contributed by atoms with E-state index >= 15 is 0 Å². The van der Waals surface area contributed by atoms with Gasteiger partial charge in [-0.05, 0) is 61.4 Å². The second kappa shape index (κ2) is 11.3. The summed E-state index contributed by atoms with van der Waals surface area (Å²) in [6, 6.07) is 18.9. The van der Waals surface area contributed by atoms with Crippen LogP contribution in [0.1, 0.15) is 23.2 Å². The number of hydrogen-bond acceptors (Lipinski definition) is 5. The minimum Gasteiger partial charge on any atom is -0.376 e. The third-order valence-corrected chi connectivity index (χ3v) is 7.48. The van der Waals surface area contributed by atoms with Crippen LogP contribution in [0.5, 0.6) is 0 Å². The summed E-state index contributed by atoms with van der Waals surface area (Å²) in [5, 5.41) is 5.46. The zero-order valence-electron chi connectivity index (χ0n) is 19.4. The first-order valence-corrected chi connectivity index (χ1v) is 12.9. The third kappa shape index (κ3) is 6.07. The molecule has 1 atom stereocenters. The van der Waals surface area contributed by atoms with Gasteiger partial charge in [0.25, 0.3) is 15.9 Å². The monoisotopic (exact) mass is 511 g/mol. The van der Waals surface area contributed by atoms with E-state index < -0.39 is 28.3 Å². The van der Waals surface area contributed by atoms with Gasteiger partial charge in [0, 0.05) is 13.2 Å². The van der Waals surface area contributed by atoms with Crippen molar-refractivity contribution in [2.24, 2.45) is 0 Å². The number of sulfonamides is 1. The molecule has 188 valence electrons. The number of halogens is 1. The number of anilines is 2. The Bertz CT molecular complexity index is 1310. The van der Waals surface area contributed by atoms with E-state index in [2.05, 4.69) is 10.6 Å². The number of carbonyl (C=O) groups excluding carboxylic acids is 2. The van der Waals surface area contributed by atoms with E-state index in [0.717, 1.165) is 29.3 Å². The molecule has 4 rings (SSSR count). The number of benzene rings is 3. The molecular formula is C26H26FN3O5S. The minimum absolute atomic E-state index is 0.0176. The third-order valence-electron chi connectivity index (χ3n) is 5.69. The highest BCUT2D eigenvalue weighted by Gasteiger charge is 2.28. The van der Waals surface area contributed by atoms with E-state index in [0.29, 0.717) is 13.2 Å². The van der Waals surface area contributed by atoms with Crippen molar-refractivity contribution in [1.82, 2.24) is 5.32 Å². The smallest absolute Gasteiger partial charge is 0.264 e. The summed E-state index contributed by atoms with van der Waals surface area (Å²) >= 11 is 0. The van der Waals surface area contributed by atoms with Crippen molar-refractivity contribution in [1.29, 1.82) is 0 Å². The number of ether oxygens (including phenoxy) is 1. The van der Waals surface area contributed by atoms with Crippen LogP contribution in [0.2, 0.25) is 0 Å². The van der Waals surface area contributed by atoms with Gasteiger partial charge in [-0.1, -0.05) is 30.3 Å². The molecule has 0 spiro atoms. The van der Waals surface area contributed by atoms with Crippen molar-refractivity contribution in [3.63, 3.8) is 0 Å². The molecule has 0 aliphatic carbocycles. The molecule has 1 saturated heterocycles. The molecule has 10 heteroatoms. The summed E-state index contributed by atoms with van der Waals surface area (Å²) in [6.07, 6.45) is 1.78. The number of amides is 2. The van der Waals surface area contributed by atoms with Crippen LogP contribution < -0.4 is 14.9 Å². The lowest BCUT2D eigenvalue weighted by molar-refractivity contribution is -0.114. The molecule has 2 N–H and O–H groups in total. The van der Waals surface area contributed by atoms with Gasteiger partial charge < -0.3 is 15.4 Å². The SMILES string of the molecule is O=C(CN(c1ccc(F)cc1)S(=O)(=O)c1ccccc1)Nc1ccccc1C(=O)NC[C@H]1CCCO1. The normalized spacial score (nSPS) is 15.3. The van der Waals surface area contributed by atoms with E-state index in [-0.39, 0.29) is 33.8 Å². The van der Waals surface area contributed by atoms with Crippen molar-refractivity contribution in [3.8, 4) is 0 Å². The fourth-order valence-electron chi connectivity index (χ4n) is 3.86. The van der Waals surface area contributed by atoms with E-state index in [1.54, 1.807) is 42.5 Å². The summed E-state index contributed by atoms with van der Waals surface area (Å²) < 4.78 is 46.7. The second-order valence-corrected chi connectivity index (χ2v) is 10.1.